The van der Waals surface area contributed by atoms with Crippen LogP contribution in [0.2, 0.25) is 0 Å². The molecular weight excluding hydrogens is 396 g/mol. The van der Waals surface area contributed by atoms with Gasteiger partial charge in [-0.25, -0.2) is 4.79 Å². The topological polar surface area (TPSA) is 71.7 Å². The minimum Gasteiger partial charge on any atom is -0.476 e. The maximum absolute atomic E-state index is 13.4. The number of fused-ring (bicyclic) bond motifs is 1. The molecule has 0 amide bonds. The number of rotatable bonds is 3. The van der Waals surface area contributed by atoms with E-state index in [2.05, 4.69) is 4.74 Å². The van der Waals surface area contributed by atoms with Crippen molar-refractivity contribution in [3.05, 3.63) is 53.7 Å². The van der Waals surface area contributed by atoms with E-state index in [1.165, 1.54) is 6.07 Å². The van der Waals surface area contributed by atoms with E-state index in [9.17, 15) is 36.3 Å². The molecule has 1 heterocycles. The summed E-state index contributed by atoms with van der Waals surface area (Å²) in [7, 11) is 0. The van der Waals surface area contributed by atoms with Crippen LogP contribution in [-0.4, -0.2) is 27.4 Å². The van der Waals surface area contributed by atoms with Crippen LogP contribution in [0.5, 0.6) is 5.75 Å². The molecule has 0 bridgehead atoms. The van der Waals surface area contributed by atoms with Crippen LogP contribution in [0, 0.1) is 0 Å². The second-order valence-electron chi connectivity index (χ2n) is 5.68. The molecule has 11 heteroatoms. The van der Waals surface area contributed by atoms with Gasteiger partial charge in [0.05, 0.1) is 11.1 Å². The van der Waals surface area contributed by atoms with Crippen molar-refractivity contribution in [1.29, 1.82) is 0 Å². The third-order valence-corrected chi connectivity index (χ3v) is 3.82. The van der Waals surface area contributed by atoms with Gasteiger partial charge in [-0.3, -0.25) is 0 Å². The predicted molar refractivity (Wildman–Crippen MR) is 83.2 cm³/mol. The Balaban J connectivity index is 2.24. The highest BCUT2D eigenvalue weighted by atomic mass is 19.4. The number of ether oxygens (including phenoxy) is 1. The molecule has 0 saturated heterocycles. The lowest BCUT2D eigenvalue weighted by Crippen LogP contribution is -2.17. The normalized spacial score (nSPS) is 12.4. The second-order valence-corrected chi connectivity index (χ2v) is 5.68. The van der Waals surface area contributed by atoms with Crippen molar-refractivity contribution >= 4 is 16.9 Å². The maximum Gasteiger partial charge on any atom is 0.573 e. The second kappa shape index (κ2) is 6.36. The van der Waals surface area contributed by atoms with Gasteiger partial charge in [0.2, 0.25) is 0 Å². The van der Waals surface area contributed by atoms with Crippen molar-refractivity contribution < 1.29 is 46.2 Å². The largest absolute Gasteiger partial charge is 0.573 e. The summed E-state index contributed by atoms with van der Waals surface area (Å²) in [6.07, 6.45) is -9.90. The minimum atomic E-state index is -4.99. The standard InChI is InChI=1S/C17H9F6NO4/c18-16(19,20)12-5-9(6-13-11(12)7-14(15(25)26)24(13)27)8-2-1-3-10(4-8)28-17(21,22)23/h1-7,27H,(H,25,26). The van der Waals surface area contributed by atoms with Gasteiger partial charge in [0.15, 0.2) is 5.69 Å². The zero-order valence-electron chi connectivity index (χ0n) is 13.5. The van der Waals surface area contributed by atoms with E-state index >= 15 is 0 Å². The number of hydrogen-bond acceptors (Lipinski definition) is 3. The third-order valence-electron chi connectivity index (χ3n) is 3.82. The highest BCUT2D eigenvalue weighted by Gasteiger charge is 2.35. The number of aromatic carboxylic acids is 1. The molecule has 0 spiro atoms. The van der Waals surface area contributed by atoms with Gasteiger partial charge < -0.3 is 15.1 Å². The van der Waals surface area contributed by atoms with Gasteiger partial charge in [-0.1, -0.05) is 12.1 Å². The highest BCUT2D eigenvalue weighted by Crippen LogP contribution is 2.39. The average Bonchev–Trinajstić information content (AvgIpc) is 2.89. The fraction of sp³-hybridized carbons (Fsp3) is 0.118. The number of carbonyl (C=O) groups is 1. The number of benzene rings is 2. The summed E-state index contributed by atoms with van der Waals surface area (Å²) in [4.78, 5) is 11.1. The summed E-state index contributed by atoms with van der Waals surface area (Å²) in [5.41, 5.74) is -2.78. The molecule has 0 aliphatic heterocycles. The van der Waals surface area contributed by atoms with Crippen LogP contribution in [0.25, 0.3) is 22.0 Å². The zero-order valence-corrected chi connectivity index (χ0v) is 13.5. The molecule has 148 valence electrons. The van der Waals surface area contributed by atoms with Gasteiger partial charge >= 0.3 is 18.5 Å². The maximum atomic E-state index is 13.4. The Hall–Kier alpha value is -3.37. The van der Waals surface area contributed by atoms with Crippen molar-refractivity contribution in [2.45, 2.75) is 12.5 Å². The Morgan fingerprint density at radius 3 is 2.21 bits per heavy atom. The molecule has 2 N–H and O–H groups in total. The number of carboxylic acid groups (broad SMARTS) is 1. The van der Waals surface area contributed by atoms with Crippen LogP contribution in [0.4, 0.5) is 26.3 Å². The molecule has 28 heavy (non-hydrogen) atoms. The van der Waals surface area contributed by atoms with E-state index in [4.69, 9.17) is 5.11 Å². The number of alkyl halides is 6. The smallest absolute Gasteiger partial charge is 0.476 e. The Morgan fingerprint density at radius 1 is 0.964 bits per heavy atom. The molecule has 0 aliphatic rings. The molecular formula is C17H9F6NO4. The summed E-state index contributed by atoms with van der Waals surface area (Å²) in [6.45, 7) is 0. The summed E-state index contributed by atoms with van der Waals surface area (Å²) < 4.78 is 81.3. The van der Waals surface area contributed by atoms with Gasteiger partial charge in [0.1, 0.15) is 5.75 Å². The van der Waals surface area contributed by atoms with E-state index in [1.54, 1.807) is 0 Å². The van der Waals surface area contributed by atoms with Gasteiger partial charge in [-0.2, -0.15) is 17.9 Å². The van der Waals surface area contributed by atoms with Gasteiger partial charge in [0, 0.05) is 5.39 Å². The number of hydrogen-bond donors (Lipinski definition) is 2. The quantitative estimate of drug-likeness (QED) is 0.466. The fourth-order valence-electron chi connectivity index (χ4n) is 2.72. The molecule has 0 fully saturated rings. The van der Waals surface area contributed by atoms with E-state index in [1.807, 2.05) is 0 Å². The predicted octanol–water partition coefficient (Wildman–Crippen LogP) is 5.16. The summed E-state index contributed by atoms with van der Waals surface area (Å²) >= 11 is 0. The number of nitrogens with zero attached hydrogens (tertiary/aromatic N) is 1. The first-order valence-electron chi connectivity index (χ1n) is 7.42. The lowest BCUT2D eigenvalue weighted by atomic mass is 9.99. The number of halogens is 6. The van der Waals surface area contributed by atoms with Crippen molar-refractivity contribution in [3.8, 4) is 16.9 Å². The van der Waals surface area contributed by atoms with Crippen LogP contribution in [0.1, 0.15) is 16.1 Å². The van der Waals surface area contributed by atoms with Crippen molar-refractivity contribution in [3.63, 3.8) is 0 Å². The summed E-state index contributed by atoms with van der Waals surface area (Å²) in [5.74, 6) is -2.31. The van der Waals surface area contributed by atoms with Crippen LogP contribution >= 0.6 is 0 Å². The first kappa shape index (κ1) is 19.4. The molecule has 5 nitrogen and oxygen atoms in total. The van der Waals surface area contributed by atoms with Crippen molar-refractivity contribution in [1.82, 2.24) is 4.73 Å². The summed E-state index contributed by atoms with van der Waals surface area (Å²) in [6, 6.07) is 6.58. The van der Waals surface area contributed by atoms with Crippen LogP contribution in [0.15, 0.2) is 42.5 Å². The van der Waals surface area contributed by atoms with E-state index in [-0.39, 0.29) is 15.9 Å². The first-order valence-corrected chi connectivity index (χ1v) is 7.42. The van der Waals surface area contributed by atoms with Crippen LogP contribution in [0.3, 0.4) is 0 Å². The Labute approximate surface area is 151 Å². The molecule has 0 unspecified atom stereocenters. The molecule has 2 aromatic carbocycles. The lowest BCUT2D eigenvalue weighted by Gasteiger charge is -2.13. The molecule has 0 radical (unpaired) electrons. The molecule has 1 aromatic heterocycles. The van der Waals surface area contributed by atoms with Crippen LogP contribution < -0.4 is 4.74 Å². The van der Waals surface area contributed by atoms with Crippen LogP contribution in [-0.2, 0) is 6.18 Å². The Morgan fingerprint density at radius 2 is 1.64 bits per heavy atom. The third kappa shape index (κ3) is 3.68. The monoisotopic (exact) mass is 405 g/mol. The van der Waals surface area contributed by atoms with Gasteiger partial charge in [-0.15, -0.1) is 13.2 Å². The minimum absolute atomic E-state index is 0.0628. The molecule has 0 atom stereocenters. The SMILES string of the molecule is O=C(O)c1cc2c(C(F)(F)F)cc(-c3cccc(OC(F)(F)F)c3)cc2n1O. The lowest BCUT2D eigenvalue weighted by molar-refractivity contribution is -0.274. The van der Waals surface area contributed by atoms with E-state index in [0.717, 1.165) is 24.3 Å². The summed E-state index contributed by atoms with van der Waals surface area (Å²) in [5, 5.41) is 18.4. The Bertz CT molecular complexity index is 1070. The van der Waals surface area contributed by atoms with Gasteiger partial charge in [-0.05, 0) is 41.5 Å². The van der Waals surface area contributed by atoms with Crippen molar-refractivity contribution in [2.24, 2.45) is 0 Å². The van der Waals surface area contributed by atoms with E-state index in [0.29, 0.717) is 12.1 Å². The Kier molecular flexibility index (Phi) is 4.40. The highest BCUT2D eigenvalue weighted by molar-refractivity contribution is 5.97. The average molecular weight is 405 g/mol. The molecule has 0 saturated carbocycles. The number of carboxylic acids is 1. The molecule has 3 rings (SSSR count). The van der Waals surface area contributed by atoms with Gasteiger partial charge in [0.25, 0.3) is 0 Å². The fourth-order valence-corrected chi connectivity index (χ4v) is 2.72. The molecule has 3 aromatic rings. The molecule has 0 aliphatic carbocycles. The first-order chi connectivity index (χ1) is 12.9. The van der Waals surface area contributed by atoms with Crippen molar-refractivity contribution in [2.75, 3.05) is 0 Å². The van der Waals surface area contributed by atoms with E-state index < -0.39 is 46.4 Å². The number of aromatic nitrogens is 1. The zero-order chi connectivity index (χ0) is 20.9.